The van der Waals surface area contributed by atoms with E-state index in [1.54, 1.807) is 0 Å². The number of hydrogen-bond donors (Lipinski definition) is 4. The van der Waals surface area contributed by atoms with Gasteiger partial charge in [-0.1, -0.05) is 30.3 Å². The smallest absolute Gasteiger partial charge is 0.223 e. The minimum absolute atomic E-state index is 0.0309. The number of carbonyl (C=O) groups is 2. The summed E-state index contributed by atoms with van der Waals surface area (Å²) in [5.41, 5.74) is 0.966. The molecule has 3 rings (SSSR count). The third-order valence-corrected chi connectivity index (χ3v) is 5.31. The highest BCUT2D eigenvalue weighted by molar-refractivity contribution is 5.84. The molecule has 26 heavy (non-hydrogen) atoms. The Balaban J connectivity index is 1.40. The van der Waals surface area contributed by atoms with Gasteiger partial charge in [0.2, 0.25) is 11.8 Å². The second-order valence-corrected chi connectivity index (χ2v) is 7.21. The first kappa shape index (κ1) is 18.2. The molecule has 1 aromatic rings. The van der Waals surface area contributed by atoms with Crippen molar-refractivity contribution >= 4 is 17.8 Å². The Morgan fingerprint density at radius 2 is 1.92 bits per heavy atom. The first-order chi connectivity index (χ1) is 12.5. The average Bonchev–Trinajstić information content (AvgIpc) is 3.01. The number of carbonyl (C=O) groups excluding carboxylic acids is 2. The molecule has 0 unspecified atom stereocenters. The molecular weight excluding hydrogens is 330 g/mol. The fourth-order valence-corrected chi connectivity index (χ4v) is 3.61. The summed E-state index contributed by atoms with van der Waals surface area (Å²) in [6.07, 6.45) is 2.10. The van der Waals surface area contributed by atoms with E-state index < -0.39 is 0 Å². The molecule has 4 N–H and O–H groups in total. The van der Waals surface area contributed by atoms with Crippen LogP contribution in [0.1, 0.15) is 44.2 Å². The molecule has 0 aromatic heterocycles. The van der Waals surface area contributed by atoms with Crippen LogP contribution < -0.4 is 16.0 Å². The zero-order valence-electron chi connectivity index (χ0n) is 15.2. The summed E-state index contributed by atoms with van der Waals surface area (Å²) in [4.78, 5) is 26.4. The van der Waals surface area contributed by atoms with Crippen LogP contribution in [0.2, 0.25) is 0 Å². The van der Waals surface area contributed by atoms with Crippen LogP contribution in [0.15, 0.2) is 30.3 Å². The number of likely N-dealkylation sites (tertiary alicyclic amines) is 1. The van der Waals surface area contributed by atoms with E-state index in [1.807, 2.05) is 42.2 Å². The third-order valence-electron chi connectivity index (χ3n) is 5.31. The van der Waals surface area contributed by atoms with Crippen LogP contribution in [0, 0.1) is 5.41 Å². The van der Waals surface area contributed by atoms with Gasteiger partial charge in [-0.05, 0) is 25.3 Å². The Morgan fingerprint density at radius 1 is 1.23 bits per heavy atom. The number of amides is 2. The largest absolute Gasteiger partial charge is 0.354 e. The highest BCUT2D eigenvalue weighted by Gasteiger charge is 2.39. The summed E-state index contributed by atoms with van der Waals surface area (Å²) in [5.74, 6) is 0.302. The lowest BCUT2D eigenvalue weighted by Crippen LogP contribution is -2.53. The molecule has 140 valence electrons. The summed E-state index contributed by atoms with van der Waals surface area (Å²) in [6, 6.07) is 9.72. The summed E-state index contributed by atoms with van der Waals surface area (Å²) in [6.45, 7) is 4.03. The molecule has 1 aromatic carbocycles. The molecule has 1 spiro atoms. The molecule has 2 amide bonds. The van der Waals surface area contributed by atoms with Gasteiger partial charge in [0.05, 0.1) is 11.6 Å². The van der Waals surface area contributed by atoms with E-state index in [-0.39, 0.29) is 36.2 Å². The highest BCUT2D eigenvalue weighted by atomic mass is 16.2. The van der Waals surface area contributed by atoms with Gasteiger partial charge in [0.1, 0.15) is 0 Å². The molecule has 2 saturated heterocycles. The van der Waals surface area contributed by atoms with Gasteiger partial charge in [0.25, 0.3) is 0 Å². The first-order valence-corrected chi connectivity index (χ1v) is 9.20. The minimum Gasteiger partial charge on any atom is -0.354 e. The molecule has 2 aliphatic rings. The zero-order chi connectivity index (χ0) is 18.6. The molecule has 2 heterocycles. The van der Waals surface area contributed by atoms with Crippen molar-refractivity contribution in [2.75, 3.05) is 19.6 Å². The molecule has 7 heteroatoms. The fraction of sp³-hybridized carbons (Fsp3) is 0.526. The highest BCUT2D eigenvalue weighted by Crippen LogP contribution is 2.24. The molecule has 0 bridgehead atoms. The number of nitrogens with zero attached hydrogens (tertiary/aromatic N) is 1. The van der Waals surface area contributed by atoms with Crippen molar-refractivity contribution in [1.82, 2.24) is 20.9 Å². The van der Waals surface area contributed by atoms with Crippen molar-refractivity contribution in [1.29, 1.82) is 5.41 Å². The molecule has 1 atom stereocenters. The molecule has 0 saturated carbocycles. The van der Waals surface area contributed by atoms with E-state index in [0.717, 1.165) is 24.9 Å². The fourth-order valence-electron chi connectivity index (χ4n) is 3.61. The SMILES string of the molecule is C[C@@H](NC(=O)CCC(=O)N1CCC2(CC1)CNC(=N)N2)c1ccccc1. The average molecular weight is 357 g/mol. The van der Waals surface area contributed by atoms with Crippen LogP contribution in [0.3, 0.4) is 0 Å². The van der Waals surface area contributed by atoms with Crippen molar-refractivity contribution in [2.24, 2.45) is 0 Å². The van der Waals surface area contributed by atoms with Crippen LogP contribution in [0.4, 0.5) is 0 Å². The number of piperidine rings is 1. The van der Waals surface area contributed by atoms with Crippen molar-refractivity contribution < 1.29 is 9.59 Å². The summed E-state index contributed by atoms with van der Waals surface area (Å²) < 4.78 is 0. The summed E-state index contributed by atoms with van der Waals surface area (Å²) in [5, 5.41) is 16.8. The predicted octanol–water partition coefficient (Wildman–Crippen LogP) is 1.13. The van der Waals surface area contributed by atoms with E-state index >= 15 is 0 Å². The van der Waals surface area contributed by atoms with Crippen molar-refractivity contribution in [3.8, 4) is 0 Å². The number of rotatable bonds is 5. The van der Waals surface area contributed by atoms with Gasteiger partial charge in [-0.25, -0.2) is 0 Å². The van der Waals surface area contributed by atoms with E-state index in [0.29, 0.717) is 19.0 Å². The van der Waals surface area contributed by atoms with Crippen LogP contribution >= 0.6 is 0 Å². The topological polar surface area (TPSA) is 97.3 Å². The zero-order valence-corrected chi connectivity index (χ0v) is 15.2. The van der Waals surface area contributed by atoms with Gasteiger partial charge in [-0.3, -0.25) is 15.0 Å². The maximum atomic E-state index is 12.4. The summed E-state index contributed by atoms with van der Waals surface area (Å²) >= 11 is 0. The van der Waals surface area contributed by atoms with Crippen LogP contribution in [0.5, 0.6) is 0 Å². The lowest BCUT2D eigenvalue weighted by molar-refractivity contribution is -0.135. The van der Waals surface area contributed by atoms with Crippen molar-refractivity contribution in [2.45, 2.75) is 44.2 Å². The van der Waals surface area contributed by atoms with E-state index in [1.165, 1.54) is 0 Å². The van der Waals surface area contributed by atoms with Gasteiger partial charge in [-0.15, -0.1) is 0 Å². The predicted molar refractivity (Wildman–Crippen MR) is 99.6 cm³/mol. The van der Waals surface area contributed by atoms with Gasteiger partial charge in [0.15, 0.2) is 5.96 Å². The molecule has 0 radical (unpaired) electrons. The van der Waals surface area contributed by atoms with Gasteiger partial charge < -0.3 is 20.9 Å². The molecule has 0 aliphatic carbocycles. The van der Waals surface area contributed by atoms with Crippen LogP contribution in [-0.2, 0) is 9.59 Å². The molecule has 2 fully saturated rings. The van der Waals surface area contributed by atoms with E-state index in [2.05, 4.69) is 16.0 Å². The number of nitrogens with one attached hydrogen (secondary N) is 4. The van der Waals surface area contributed by atoms with Crippen LogP contribution in [0.25, 0.3) is 0 Å². The maximum absolute atomic E-state index is 12.4. The van der Waals surface area contributed by atoms with Gasteiger partial charge in [0, 0.05) is 32.5 Å². The third kappa shape index (κ3) is 4.33. The van der Waals surface area contributed by atoms with E-state index in [4.69, 9.17) is 5.41 Å². The lowest BCUT2D eigenvalue weighted by Gasteiger charge is -2.38. The standard InChI is InChI=1S/C19H27N5O2/c1-14(15-5-3-2-4-6-15)22-16(25)7-8-17(26)24-11-9-19(10-12-24)13-21-18(20)23-19/h2-6,14H,7-13H2,1H3,(H,22,25)(H3,20,21,23)/t14-/m1/s1. The number of guanidine groups is 1. The number of hydrogen-bond acceptors (Lipinski definition) is 3. The van der Waals surface area contributed by atoms with Crippen molar-refractivity contribution in [3.05, 3.63) is 35.9 Å². The second-order valence-electron chi connectivity index (χ2n) is 7.21. The lowest BCUT2D eigenvalue weighted by atomic mass is 9.88. The molecule has 2 aliphatic heterocycles. The quantitative estimate of drug-likeness (QED) is 0.635. The normalized spacial score (nSPS) is 19.6. The Labute approximate surface area is 154 Å². The Hall–Kier alpha value is -2.57. The number of benzene rings is 1. The van der Waals surface area contributed by atoms with E-state index in [9.17, 15) is 9.59 Å². The van der Waals surface area contributed by atoms with Crippen LogP contribution in [-0.4, -0.2) is 47.8 Å². The monoisotopic (exact) mass is 357 g/mol. The molecule has 7 nitrogen and oxygen atoms in total. The Kier molecular flexibility index (Phi) is 5.44. The second kappa shape index (κ2) is 7.76. The summed E-state index contributed by atoms with van der Waals surface area (Å²) in [7, 11) is 0. The maximum Gasteiger partial charge on any atom is 0.223 e. The Morgan fingerprint density at radius 3 is 2.54 bits per heavy atom. The van der Waals surface area contributed by atoms with Gasteiger partial charge in [-0.2, -0.15) is 0 Å². The Bertz CT molecular complexity index is 668. The van der Waals surface area contributed by atoms with Crippen molar-refractivity contribution in [3.63, 3.8) is 0 Å². The van der Waals surface area contributed by atoms with Gasteiger partial charge >= 0.3 is 0 Å². The first-order valence-electron chi connectivity index (χ1n) is 9.20. The molecular formula is C19H27N5O2. The minimum atomic E-state index is -0.0988.